The number of esters is 2. The van der Waals surface area contributed by atoms with Gasteiger partial charge < -0.3 is 66.1 Å². The van der Waals surface area contributed by atoms with Gasteiger partial charge in [0.2, 0.25) is 11.8 Å². The first-order valence-electron chi connectivity index (χ1n) is 40.3. The van der Waals surface area contributed by atoms with Crippen molar-refractivity contribution in [2.75, 3.05) is 24.9 Å². The number of hydrogen-bond acceptors (Lipinski definition) is 23. The predicted octanol–water partition coefficient (Wildman–Crippen LogP) is 14.1. The first-order chi connectivity index (χ1) is 59.4. The molecular formula is C100H108N2O23. The normalized spacial score (nSPS) is 11.3. The number of phenolic OH excluding ortho intramolecular Hbond substituents is 5. The number of aromatic hydroxyl groups is 7. The smallest absolute Gasteiger partial charge is 0.323 e. The summed E-state index contributed by atoms with van der Waals surface area (Å²) in [6, 6.07) is 63.9. The van der Waals surface area contributed by atoms with Gasteiger partial charge in [0, 0.05) is 73.9 Å². The van der Waals surface area contributed by atoms with Crippen molar-refractivity contribution in [3.63, 3.8) is 0 Å². The van der Waals surface area contributed by atoms with E-state index >= 15 is 0 Å². The van der Waals surface area contributed by atoms with E-state index in [0.29, 0.717) is 83.3 Å². The van der Waals surface area contributed by atoms with Crippen LogP contribution < -0.4 is 10.6 Å². The van der Waals surface area contributed by atoms with E-state index in [1.807, 2.05) is 37.3 Å². The summed E-state index contributed by atoms with van der Waals surface area (Å²) in [5.41, 5.74) is 10.7. The van der Waals surface area contributed by atoms with E-state index in [-0.39, 0.29) is 131 Å². The Kier molecular flexibility index (Phi) is 40.7. The van der Waals surface area contributed by atoms with Crippen LogP contribution in [0.3, 0.4) is 0 Å². The molecule has 10 aromatic rings. The Morgan fingerprint density at radius 3 is 0.752 bits per heavy atom. The SMILES string of the molecule is C.COC(=O)C(C(=O)CCc1ccc(O)c(C)c1)C(=O)CCc1ccc(O)c(CO)c1.COC(=O)C(C(=O)CCc1ccc(O)cc1)C(=O)CCc1ccc(O)cc1.Cc1cc(CCC(=O)C(C(=O)CCc2ccc(O)c(CO)c2)C(=O)Nc2ccccc2)ccc1O.Cc1ccc(CCC(=O)C(C(=O)CCc2ccc(O)cc2)C(=O)Nc2ccccc2)cc1. The highest BCUT2D eigenvalue weighted by atomic mass is 16.5. The van der Waals surface area contributed by atoms with Gasteiger partial charge in [-0.05, 0) is 225 Å². The monoisotopic (exact) mass is 1700 g/mol. The Morgan fingerprint density at radius 1 is 0.280 bits per heavy atom. The minimum atomic E-state index is -1.48. The molecule has 0 aliphatic carbocycles. The van der Waals surface area contributed by atoms with E-state index in [1.54, 1.807) is 172 Å². The van der Waals surface area contributed by atoms with Crippen LogP contribution in [0.15, 0.2) is 231 Å². The van der Waals surface area contributed by atoms with Crippen LogP contribution in [0.25, 0.3) is 0 Å². The Morgan fingerprint density at radius 2 is 0.504 bits per heavy atom. The van der Waals surface area contributed by atoms with Gasteiger partial charge in [0.25, 0.3) is 0 Å². The molecule has 0 aliphatic heterocycles. The fraction of sp³-hybridized carbons (Fsp3) is 0.280. The summed E-state index contributed by atoms with van der Waals surface area (Å²) < 4.78 is 9.31. The molecular weight excluding hydrogens is 1600 g/mol. The van der Waals surface area contributed by atoms with Crippen molar-refractivity contribution >= 4 is 81.4 Å². The third-order valence-electron chi connectivity index (χ3n) is 20.4. The lowest BCUT2D eigenvalue weighted by atomic mass is 9.90. The molecule has 11 N–H and O–H groups in total. The number of phenols is 7. The summed E-state index contributed by atoms with van der Waals surface area (Å²) >= 11 is 0. The fourth-order valence-electron chi connectivity index (χ4n) is 13.2. The van der Waals surface area contributed by atoms with E-state index in [9.17, 15) is 103 Å². The molecule has 656 valence electrons. The number of para-hydroxylation sites is 2. The van der Waals surface area contributed by atoms with Crippen molar-refractivity contribution in [1.29, 1.82) is 0 Å². The van der Waals surface area contributed by atoms with Crippen LogP contribution in [0.2, 0.25) is 0 Å². The number of nitrogens with one attached hydrogen (secondary N) is 2. The number of hydrogen-bond donors (Lipinski definition) is 11. The zero-order valence-corrected chi connectivity index (χ0v) is 69.7. The highest BCUT2D eigenvalue weighted by Crippen LogP contribution is 2.28. The molecule has 2 amide bonds. The topological polar surface area (TPSA) is 429 Å². The van der Waals surface area contributed by atoms with Crippen molar-refractivity contribution in [3.05, 3.63) is 303 Å². The maximum absolute atomic E-state index is 13.1. The summed E-state index contributed by atoms with van der Waals surface area (Å²) in [6.45, 7) is 4.81. The molecule has 3 atom stereocenters. The lowest BCUT2D eigenvalue weighted by molar-refractivity contribution is -0.155. The van der Waals surface area contributed by atoms with Crippen LogP contribution in [0.5, 0.6) is 40.2 Å². The van der Waals surface area contributed by atoms with Gasteiger partial charge >= 0.3 is 11.9 Å². The van der Waals surface area contributed by atoms with Crippen molar-refractivity contribution in [2.24, 2.45) is 23.7 Å². The highest BCUT2D eigenvalue weighted by molar-refractivity contribution is 6.23. The molecule has 0 radical (unpaired) electrons. The third kappa shape index (κ3) is 32.7. The summed E-state index contributed by atoms with van der Waals surface area (Å²) in [5, 5.41) is 90.5. The average molecular weight is 1710 g/mol. The average Bonchev–Trinajstić information content (AvgIpc) is 0.844. The van der Waals surface area contributed by atoms with Gasteiger partial charge in [0.1, 0.15) is 40.2 Å². The van der Waals surface area contributed by atoms with Gasteiger partial charge in [0.05, 0.1) is 27.4 Å². The molecule has 10 rings (SSSR count). The molecule has 125 heavy (non-hydrogen) atoms. The summed E-state index contributed by atoms with van der Waals surface area (Å²) in [4.78, 5) is 152. The van der Waals surface area contributed by atoms with Crippen LogP contribution in [-0.2, 0) is 132 Å². The number of methoxy groups -OCH3 is 2. The number of aliphatic hydroxyl groups excluding tert-OH is 2. The molecule has 25 nitrogen and oxygen atoms in total. The van der Waals surface area contributed by atoms with Crippen LogP contribution in [-0.4, -0.2) is 130 Å². The van der Waals surface area contributed by atoms with Gasteiger partial charge in [-0.1, -0.05) is 146 Å². The Labute approximate surface area is 726 Å². The summed E-state index contributed by atoms with van der Waals surface area (Å²) in [5.74, 6) is -11.8. The molecule has 0 bridgehead atoms. The van der Waals surface area contributed by atoms with Gasteiger partial charge in [-0.15, -0.1) is 0 Å². The molecule has 0 aromatic heterocycles. The maximum Gasteiger partial charge on any atom is 0.323 e. The number of benzene rings is 10. The quantitative estimate of drug-likeness (QED) is 0.0125. The number of rotatable bonds is 40. The molecule has 0 heterocycles. The molecule has 25 heteroatoms. The number of carbonyl (C=O) groups is 12. The van der Waals surface area contributed by atoms with Crippen molar-refractivity contribution in [1.82, 2.24) is 0 Å². The van der Waals surface area contributed by atoms with Crippen LogP contribution in [0.1, 0.15) is 131 Å². The number of carbonyl (C=O) groups excluding carboxylic acids is 12. The Bertz CT molecular complexity index is 5180. The summed E-state index contributed by atoms with van der Waals surface area (Å²) in [6.07, 6.45) is 2.86. The van der Waals surface area contributed by atoms with Crippen molar-refractivity contribution < 1.29 is 113 Å². The lowest BCUT2D eigenvalue weighted by Gasteiger charge is -2.16. The predicted molar refractivity (Wildman–Crippen MR) is 471 cm³/mol. The second kappa shape index (κ2) is 51.0. The van der Waals surface area contributed by atoms with E-state index in [2.05, 4.69) is 20.1 Å². The van der Waals surface area contributed by atoms with E-state index in [1.165, 1.54) is 42.5 Å². The second-order valence-corrected chi connectivity index (χ2v) is 29.7. The molecule has 0 saturated heterocycles. The van der Waals surface area contributed by atoms with Crippen LogP contribution in [0, 0.1) is 44.4 Å². The first-order valence-corrected chi connectivity index (χ1v) is 40.3. The van der Waals surface area contributed by atoms with E-state index in [0.717, 1.165) is 53.2 Å². The minimum Gasteiger partial charge on any atom is -0.508 e. The molecule has 3 unspecified atom stereocenters. The molecule has 10 aromatic carbocycles. The zero-order valence-electron chi connectivity index (χ0n) is 69.7. The van der Waals surface area contributed by atoms with E-state index in [4.69, 9.17) is 0 Å². The number of aryl methyl sites for hydroxylation is 11. The van der Waals surface area contributed by atoms with Crippen LogP contribution in [0.4, 0.5) is 11.4 Å². The fourth-order valence-corrected chi connectivity index (χ4v) is 13.2. The lowest BCUT2D eigenvalue weighted by Crippen LogP contribution is -2.36. The molecule has 0 spiro atoms. The van der Waals surface area contributed by atoms with Crippen LogP contribution >= 0.6 is 0 Å². The van der Waals surface area contributed by atoms with Gasteiger partial charge in [-0.25, -0.2) is 0 Å². The molecule has 0 fully saturated rings. The third-order valence-corrected chi connectivity index (χ3v) is 20.4. The number of amides is 2. The van der Waals surface area contributed by atoms with Gasteiger partial charge in [-0.2, -0.15) is 0 Å². The van der Waals surface area contributed by atoms with Crippen molar-refractivity contribution in [2.45, 2.75) is 144 Å². The van der Waals surface area contributed by atoms with E-state index < -0.39 is 87.9 Å². The number of aliphatic hydroxyl groups is 2. The number of Topliss-reactive ketones (excluding diaryl/α,β-unsaturated/α-hetero) is 8. The minimum absolute atomic E-state index is 0. The zero-order chi connectivity index (χ0) is 90.4. The summed E-state index contributed by atoms with van der Waals surface area (Å²) in [7, 11) is 2.28. The Balaban J connectivity index is 0.000000258. The molecule has 0 saturated carbocycles. The standard InChI is InChI=1S/C28H29NO6.C27H27NO4.C23H26O7.C21H22O6.CH4/c1-18-15-19(7-11-23(18)31)9-13-25(33)27(28(35)29-22-5-3-2-4-6-22)26(34)14-10-20-8-12-24(32)21(16-20)17-30;1-19-7-9-20(10-8-19)13-17-24(30)26(27(32)28-22-5-3-2-4-6-22)25(31)18-14-21-11-15-23(29)16-12-21;1-14-11-15(3-7-18(14)25)5-9-20(27)22(23(29)30-2)21(28)10-6-16-4-8-19(26)17(12-16)13-24;1-27-21(26)20(18(24)12-6-14-2-8-16(22)9-3-14)19(25)13-7-15-4-10-17(23)11-5-15;/h2-8,11-12,15-16,27,30-32H,9-10,13-14,17H2,1H3,(H,29,35);2-12,15-16,26,29H,13-14,17-18H2,1H3,(H,28,32);3-4,7-8,11-12,22,24-26H,5-6,9-10,13H2,1-2H3;2-5,8-11,20,22-23H,6-7,12-13H2,1H3;1H4. The highest BCUT2D eigenvalue weighted by Gasteiger charge is 2.37. The Hall–Kier alpha value is -14.0. The first kappa shape index (κ1) is 99.8. The number of ether oxygens (including phenoxy) is 2. The maximum atomic E-state index is 13.1. The molecule has 0 aliphatic rings. The largest absolute Gasteiger partial charge is 0.508 e. The number of anilines is 2. The number of ketones is 8. The van der Waals surface area contributed by atoms with Gasteiger partial charge in [-0.3, -0.25) is 57.5 Å². The van der Waals surface area contributed by atoms with Crippen molar-refractivity contribution in [3.8, 4) is 40.2 Å². The van der Waals surface area contributed by atoms with Gasteiger partial charge in [0.15, 0.2) is 69.9 Å². The second-order valence-electron chi connectivity index (χ2n) is 29.7.